The first kappa shape index (κ1) is 29.7. The number of esters is 3. The lowest BCUT2D eigenvalue weighted by Gasteiger charge is -2.61. The molecule has 2 aromatic rings. The van der Waals surface area contributed by atoms with Crippen LogP contribution in [-0.4, -0.2) is 77.4 Å². The maximum absolute atomic E-state index is 13.9. The molecule has 0 amide bonds. The van der Waals surface area contributed by atoms with E-state index < -0.39 is 59.4 Å². The Balaban J connectivity index is 1.35. The number of carbonyl (C=O) groups excluding carboxylic acids is 5. The minimum atomic E-state index is -1.57. The third-order valence-electron chi connectivity index (χ3n) is 9.34. The number of nitrogens with zero attached hydrogens (tertiary/aromatic N) is 1. The smallest absolute Gasteiger partial charge is 0.357 e. The molecule has 6 atom stereocenters. The molecule has 0 unspecified atom stereocenters. The fraction of sp³-hybridized carbons (Fsp3) is 0.424. The fourth-order valence-electron chi connectivity index (χ4n) is 7.44. The minimum absolute atomic E-state index is 0.140. The van der Waals surface area contributed by atoms with E-state index in [1.807, 2.05) is 13.1 Å². The molecule has 0 radical (unpaired) electrons. The van der Waals surface area contributed by atoms with Crippen LogP contribution in [-0.2, 0) is 45.2 Å². The second-order valence-corrected chi connectivity index (χ2v) is 11.9. The highest BCUT2D eigenvalue weighted by molar-refractivity contribution is 5.88. The van der Waals surface area contributed by atoms with Crippen molar-refractivity contribution in [1.29, 1.82) is 0 Å². The van der Waals surface area contributed by atoms with Gasteiger partial charge in [-0.3, -0.25) is 14.4 Å². The van der Waals surface area contributed by atoms with Crippen molar-refractivity contribution in [3.05, 3.63) is 76.6 Å². The Bertz CT molecular complexity index is 1570. The summed E-state index contributed by atoms with van der Waals surface area (Å²) in [4.78, 5) is 64.6. The Labute approximate surface area is 253 Å². The fourth-order valence-corrected chi connectivity index (χ4v) is 7.44. The summed E-state index contributed by atoms with van der Waals surface area (Å²) >= 11 is 0. The van der Waals surface area contributed by atoms with Gasteiger partial charge in [0.2, 0.25) is 12.2 Å². The number of Topliss-reactive ketones (excluding diaryl/α,β-unsaturated/α-hetero) is 1. The average molecular weight is 604 g/mol. The number of aliphatic hydroxyl groups is 1. The van der Waals surface area contributed by atoms with Crippen LogP contribution in [0.4, 0.5) is 0 Å². The second kappa shape index (κ2) is 11.0. The zero-order valence-electron chi connectivity index (χ0n) is 24.6. The monoisotopic (exact) mass is 603 g/mol. The van der Waals surface area contributed by atoms with Crippen molar-refractivity contribution >= 4 is 30.0 Å². The van der Waals surface area contributed by atoms with Gasteiger partial charge >= 0.3 is 17.9 Å². The van der Waals surface area contributed by atoms with Crippen molar-refractivity contribution in [2.45, 2.75) is 74.9 Å². The Kier molecular flexibility index (Phi) is 7.41. The molecule has 0 aromatic heterocycles. The zero-order chi connectivity index (χ0) is 31.4. The number of hydrogen-bond donors (Lipinski definition) is 1. The lowest BCUT2D eigenvalue weighted by molar-refractivity contribution is -0.182. The average Bonchev–Trinajstić information content (AvgIpc) is 3.34. The number of ether oxygens (including phenoxy) is 4. The van der Waals surface area contributed by atoms with Crippen LogP contribution in [0.3, 0.4) is 0 Å². The lowest BCUT2D eigenvalue weighted by atomic mass is 9.50. The van der Waals surface area contributed by atoms with Gasteiger partial charge in [-0.05, 0) is 51.1 Å². The van der Waals surface area contributed by atoms with Crippen LogP contribution in [0.25, 0.3) is 0 Å². The Morgan fingerprint density at radius 3 is 2.52 bits per heavy atom. The highest BCUT2D eigenvalue weighted by Gasteiger charge is 2.72. The molecule has 44 heavy (non-hydrogen) atoms. The standard InChI is InChI=1S/C33H33NO10/c1-18(36)15-24(41-19(2)37)30(38)44-28(20-7-5-4-6-8-20)31(39)42-23-11-12-33(40)25-16-21-9-10-22(17-35)27-26(21)32(33,29(23)43-27)13-14-34(25)3/h4-11,17,24-25,28-29,40H,12-16H2,1-3H3/t24-,25+,28-,29-,32-,33+/m0/s1. The molecule has 230 valence electrons. The summed E-state index contributed by atoms with van der Waals surface area (Å²) in [6.07, 6.45) is -0.891. The number of ketones is 1. The van der Waals surface area contributed by atoms with E-state index in [4.69, 9.17) is 18.9 Å². The summed E-state index contributed by atoms with van der Waals surface area (Å²) < 4.78 is 23.0. The van der Waals surface area contributed by atoms with E-state index in [0.29, 0.717) is 42.5 Å². The van der Waals surface area contributed by atoms with E-state index in [0.717, 1.165) is 18.1 Å². The van der Waals surface area contributed by atoms with Gasteiger partial charge in [-0.2, -0.15) is 0 Å². The molecular weight excluding hydrogens is 570 g/mol. The van der Waals surface area contributed by atoms with Crippen LogP contribution in [0.15, 0.2) is 54.3 Å². The van der Waals surface area contributed by atoms with E-state index in [9.17, 15) is 29.1 Å². The second-order valence-electron chi connectivity index (χ2n) is 11.9. The summed E-state index contributed by atoms with van der Waals surface area (Å²) in [6.45, 7) is 2.98. The molecule has 2 aromatic carbocycles. The maximum atomic E-state index is 13.9. The number of aldehydes is 1. The van der Waals surface area contributed by atoms with Crippen LogP contribution in [0.5, 0.6) is 5.75 Å². The highest BCUT2D eigenvalue weighted by atomic mass is 16.6. The van der Waals surface area contributed by atoms with Gasteiger partial charge in [0.1, 0.15) is 17.3 Å². The number of likely N-dealkylation sites (N-methyl/N-ethyl adjacent to an activating group) is 1. The van der Waals surface area contributed by atoms with Crippen molar-refractivity contribution in [2.75, 3.05) is 13.6 Å². The molecule has 11 heteroatoms. The van der Waals surface area contributed by atoms with Gasteiger partial charge in [0.15, 0.2) is 12.4 Å². The third kappa shape index (κ3) is 4.53. The number of benzene rings is 2. The van der Waals surface area contributed by atoms with Gasteiger partial charge in [-0.15, -0.1) is 0 Å². The predicted octanol–water partition coefficient (Wildman–Crippen LogP) is 2.52. The molecule has 6 rings (SSSR count). The molecular formula is C33H33NO10. The summed E-state index contributed by atoms with van der Waals surface area (Å²) in [5, 5.41) is 12.4. The molecule has 1 N–H and O–H groups in total. The van der Waals surface area contributed by atoms with Crippen molar-refractivity contribution in [1.82, 2.24) is 4.90 Å². The predicted molar refractivity (Wildman–Crippen MR) is 153 cm³/mol. The first-order valence-electron chi connectivity index (χ1n) is 14.5. The molecule has 1 saturated heterocycles. The maximum Gasteiger partial charge on any atom is 0.357 e. The molecule has 0 saturated carbocycles. The molecule has 11 nitrogen and oxygen atoms in total. The van der Waals surface area contributed by atoms with E-state index >= 15 is 0 Å². The van der Waals surface area contributed by atoms with E-state index in [-0.39, 0.29) is 18.2 Å². The zero-order valence-corrected chi connectivity index (χ0v) is 24.6. The number of piperidine rings is 1. The number of likely N-dealkylation sites (tertiary alicyclic amines) is 1. The molecule has 1 fully saturated rings. The van der Waals surface area contributed by atoms with Crippen LogP contribution < -0.4 is 4.74 Å². The van der Waals surface area contributed by atoms with Gasteiger partial charge in [0.25, 0.3) is 0 Å². The summed E-state index contributed by atoms with van der Waals surface area (Å²) in [5.74, 6) is -2.71. The largest absolute Gasteiger partial charge is 0.480 e. The summed E-state index contributed by atoms with van der Waals surface area (Å²) in [6, 6.07) is 11.6. The topological polar surface area (TPSA) is 146 Å². The SMILES string of the molecule is CC(=O)C[C@H](OC(C)=O)C(=O)O[C@H](C(=O)OC1=CC[C@@]2(O)[C@H]3Cc4ccc(C=O)c5c4[C@@]2(CCN3C)[C@H]1O5)c1ccccc1. The molecule has 2 aliphatic heterocycles. The number of hydrogen-bond acceptors (Lipinski definition) is 11. The van der Waals surface area contributed by atoms with Crippen molar-refractivity contribution in [3.63, 3.8) is 0 Å². The van der Waals surface area contributed by atoms with E-state index in [1.165, 1.54) is 6.92 Å². The minimum Gasteiger partial charge on any atom is -0.480 e. The van der Waals surface area contributed by atoms with Crippen LogP contribution >= 0.6 is 0 Å². The summed E-state index contributed by atoms with van der Waals surface area (Å²) in [7, 11) is 1.97. The molecule has 1 spiro atoms. The van der Waals surface area contributed by atoms with Crippen LogP contribution in [0.1, 0.15) is 66.3 Å². The quantitative estimate of drug-likeness (QED) is 0.256. The Morgan fingerprint density at radius 1 is 1.09 bits per heavy atom. The highest BCUT2D eigenvalue weighted by Crippen LogP contribution is 2.64. The number of carbonyl (C=O) groups is 5. The van der Waals surface area contributed by atoms with Gasteiger partial charge in [-0.1, -0.05) is 36.4 Å². The Morgan fingerprint density at radius 2 is 1.84 bits per heavy atom. The van der Waals surface area contributed by atoms with Gasteiger partial charge in [0, 0.05) is 30.5 Å². The van der Waals surface area contributed by atoms with Crippen LogP contribution in [0.2, 0.25) is 0 Å². The summed E-state index contributed by atoms with van der Waals surface area (Å²) in [5.41, 5.74) is 0.156. The van der Waals surface area contributed by atoms with E-state index in [2.05, 4.69) is 4.90 Å². The van der Waals surface area contributed by atoms with Crippen molar-refractivity contribution in [3.8, 4) is 5.75 Å². The third-order valence-corrected chi connectivity index (χ3v) is 9.34. The molecule has 2 heterocycles. The van der Waals surface area contributed by atoms with Gasteiger partial charge in [0.05, 0.1) is 23.0 Å². The lowest BCUT2D eigenvalue weighted by Crippen LogP contribution is -2.74. The number of rotatable bonds is 9. The Hall–Kier alpha value is -4.35. The molecule has 4 aliphatic rings. The van der Waals surface area contributed by atoms with Crippen molar-refractivity contribution < 1.29 is 48.0 Å². The molecule has 2 bridgehead atoms. The van der Waals surface area contributed by atoms with Crippen molar-refractivity contribution in [2.24, 2.45) is 0 Å². The first-order chi connectivity index (χ1) is 21.0. The van der Waals surface area contributed by atoms with E-state index in [1.54, 1.807) is 42.5 Å². The normalized spacial score (nSPS) is 27.5. The first-order valence-corrected chi connectivity index (χ1v) is 14.5. The van der Waals surface area contributed by atoms with Gasteiger partial charge < -0.3 is 29.0 Å². The molecule has 2 aliphatic carbocycles. The van der Waals surface area contributed by atoms with Gasteiger partial charge in [-0.25, -0.2) is 9.59 Å². The van der Waals surface area contributed by atoms with Crippen LogP contribution in [0, 0.1) is 0 Å².